The first kappa shape index (κ1) is 8.95. The molecule has 0 unspecified atom stereocenters. The first-order valence-electron chi connectivity index (χ1n) is 2.84. The highest BCUT2D eigenvalue weighted by atomic mass is 35.5. The Bertz CT molecular complexity index is 97.1. The molecule has 1 saturated heterocycles. The molecule has 0 spiro atoms. The van der Waals surface area contributed by atoms with E-state index >= 15 is 0 Å². The van der Waals surface area contributed by atoms with Crippen molar-refractivity contribution >= 4 is 12.4 Å². The van der Waals surface area contributed by atoms with Crippen molar-refractivity contribution in [2.75, 3.05) is 6.61 Å². The molecular weight excluding hydrogens is 138 g/mol. The second-order valence-electron chi connectivity index (χ2n) is 2.02. The standard InChI is InChI=1S/C6H11NO.ClH/c1-2-6-5(7)3-4-8-6;/h2,5-6H,1,3-4,7H2;1H/t5-,6-;/m0./s1. The quantitative estimate of drug-likeness (QED) is 0.558. The van der Waals surface area contributed by atoms with Crippen LogP contribution in [0.3, 0.4) is 0 Å². The van der Waals surface area contributed by atoms with E-state index in [0.29, 0.717) is 0 Å². The van der Waals surface area contributed by atoms with Crippen molar-refractivity contribution in [1.82, 2.24) is 0 Å². The van der Waals surface area contributed by atoms with E-state index in [2.05, 4.69) is 6.58 Å². The lowest BCUT2D eigenvalue weighted by atomic mass is 10.1. The largest absolute Gasteiger partial charge is 0.372 e. The third-order valence-corrected chi connectivity index (χ3v) is 1.42. The van der Waals surface area contributed by atoms with Crippen molar-refractivity contribution in [1.29, 1.82) is 0 Å². The number of nitrogens with two attached hydrogens (primary N) is 1. The zero-order valence-electron chi connectivity index (χ0n) is 5.25. The molecule has 0 amide bonds. The monoisotopic (exact) mass is 149 g/mol. The maximum absolute atomic E-state index is 5.59. The van der Waals surface area contributed by atoms with Gasteiger partial charge in [0.05, 0.1) is 6.10 Å². The summed E-state index contributed by atoms with van der Waals surface area (Å²) in [6.07, 6.45) is 2.84. The molecule has 1 fully saturated rings. The molecule has 0 aliphatic carbocycles. The molecule has 0 aromatic heterocycles. The Hall–Kier alpha value is -0.0500. The summed E-state index contributed by atoms with van der Waals surface area (Å²) in [4.78, 5) is 0. The van der Waals surface area contributed by atoms with Gasteiger partial charge in [0, 0.05) is 12.6 Å². The average molecular weight is 150 g/mol. The van der Waals surface area contributed by atoms with Crippen LogP contribution in [0, 0.1) is 0 Å². The van der Waals surface area contributed by atoms with Gasteiger partial charge in [0.25, 0.3) is 0 Å². The molecule has 0 saturated carbocycles. The maximum Gasteiger partial charge on any atom is 0.0904 e. The van der Waals surface area contributed by atoms with Crippen LogP contribution >= 0.6 is 12.4 Å². The van der Waals surface area contributed by atoms with Crippen LogP contribution in [0.15, 0.2) is 12.7 Å². The van der Waals surface area contributed by atoms with E-state index in [1.807, 2.05) is 0 Å². The normalized spacial score (nSPS) is 33.4. The minimum absolute atomic E-state index is 0. The molecule has 9 heavy (non-hydrogen) atoms. The lowest BCUT2D eigenvalue weighted by molar-refractivity contribution is 0.140. The fourth-order valence-electron chi connectivity index (χ4n) is 0.871. The van der Waals surface area contributed by atoms with Crippen LogP contribution < -0.4 is 5.73 Å². The van der Waals surface area contributed by atoms with E-state index in [4.69, 9.17) is 10.5 Å². The van der Waals surface area contributed by atoms with Gasteiger partial charge >= 0.3 is 0 Å². The second kappa shape index (κ2) is 3.88. The predicted molar refractivity (Wildman–Crippen MR) is 39.8 cm³/mol. The minimum atomic E-state index is 0. The zero-order chi connectivity index (χ0) is 5.98. The van der Waals surface area contributed by atoms with Crippen LogP contribution in [0.5, 0.6) is 0 Å². The highest BCUT2D eigenvalue weighted by Crippen LogP contribution is 2.10. The molecule has 54 valence electrons. The van der Waals surface area contributed by atoms with E-state index < -0.39 is 0 Å². The number of ether oxygens (including phenoxy) is 1. The molecule has 0 aromatic rings. The third kappa shape index (κ3) is 1.97. The van der Waals surface area contributed by atoms with Gasteiger partial charge in [0.2, 0.25) is 0 Å². The van der Waals surface area contributed by atoms with Gasteiger partial charge in [-0.1, -0.05) is 6.08 Å². The summed E-state index contributed by atoms with van der Waals surface area (Å²) in [5.41, 5.74) is 5.59. The van der Waals surface area contributed by atoms with Crippen molar-refractivity contribution < 1.29 is 4.74 Å². The van der Waals surface area contributed by atoms with Gasteiger partial charge in [-0.3, -0.25) is 0 Å². The Balaban J connectivity index is 0.000000640. The van der Waals surface area contributed by atoms with Crippen molar-refractivity contribution in [2.24, 2.45) is 5.73 Å². The zero-order valence-corrected chi connectivity index (χ0v) is 6.06. The van der Waals surface area contributed by atoms with Gasteiger partial charge in [0.15, 0.2) is 0 Å². The molecule has 3 heteroatoms. The lowest BCUT2D eigenvalue weighted by Gasteiger charge is -2.06. The Morgan fingerprint density at radius 2 is 2.33 bits per heavy atom. The Labute approximate surface area is 61.5 Å². The highest BCUT2D eigenvalue weighted by Gasteiger charge is 2.20. The van der Waals surface area contributed by atoms with Crippen molar-refractivity contribution in [3.05, 3.63) is 12.7 Å². The summed E-state index contributed by atoms with van der Waals surface area (Å²) in [6.45, 7) is 4.38. The fraction of sp³-hybridized carbons (Fsp3) is 0.667. The fourth-order valence-corrected chi connectivity index (χ4v) is 0.871. The molecule has 0 bridgehead atoms. The summed E-state index contributed by atoms with van der Waals surface area (Å²) in [6, 6.07) is 0.187. The molecule has 2 nitrogen and oxygen atoms in total. The van der Waals surface area contributed by atoms with Gasteiger partial charge in [0.1, 0.15) is 0 Å². The molecule has 2 atom stereocenters. The average Bonchev–Trinajstić information content (AvgIpc) is 2.14. The third-order valence-electron chi connectivity index (χ3n) is 1.42. The van der Waals surface area contributed by atoms with Gasteiger partial charge in [-0.05, 0) is 6.42 Å². The van der Waals surface area contributed by atoms with E-state index in [9.17, 15) is 0 Å². The van der Waals surface area contributed by atoms with E-state index in [-0.39, 0.29) is 24.6 Å². The summed E-state index contributed by atoms with van der Waals surface area (Å²) in [7, 11) is 0. The van der Waals surface area contributed by atoms with Gasteiger partial charge in [-0.15, -0.1) is 19.0 Å². The summed E-state index contributed by atoms with van der Waals surface area (Å²) in [5, 5.41) is 0. The second-order valence-corrected chi connectivity index (χ2v) is 2.02. The van der Waals surface area contributed by atoms with Crippen LogP contribution in [-0.4, -0.2) is 18.8 Å². The number of rotatable bonds is 1. The van der Waals surface area contributed by atoms with Crippen LogP contribution in [-0.2, 0) is 4.74 Å². The first-order valence-corrected chi connectivity index (χ1v) is 2.84. The first-order chi connectivity index (χ1) is 3.84. The van der Waals surface area contributed by atoms with Gasteiger partial charge in [-0.25, -0.2) is 0 Å². The smallest absolute Gasteiger partial charge is 0.0904 e. The topological polar surface area (TPSA) is 35.2 Å². The Kier molecular flexibility index (Phi) is 3.86. The van der Waals surface area contributed by atoms with E-state index in [1.165, 1.54) is 0 Å². The summed E-state index contributed by atoms with van der Waals surface area (Å²) < 4.78 is 5.17. The minimum Gasteiger partial charge on any atom is -0.372 e. The number of hydrogen-bond donors (Lipinski definition) is 1. The van der Waals surface area contributed by atoms with Gasteiger partial charge in [-0.2, -0.15) is 0 Å². The van der Waals surface area contributed by atoms with Crippen molar-refractivity contribution in [3.63, 3.8) is 0 Å². The van der Waals surface area contributed by atoms with Crippen LogP contribution in [0.1, 0.15) is 6.42 Å². The van der Waals surface area contributed by atoms with Crippen LogP contribution in [0.2, 0.25) is 0 Å². The number of hydrogen-bond acceptors (Lipinski definition) is 2. The molecule has 1 aliphatic rings. The molecule has 0 aromatic carbocycles. The van der Waals surface area contributed by atoms with Crippen molar-refractivity contribution in [3.8, 4) is 0 Å². The maximum atomic E-state index is 5.59. The molecule has 1 aliphatic heterocycles. The number of halogens is 1. The van der Waals surface area contributed by atoms with Crippen LogP contribution in [0.4, 0.5) is 0 Å². The summed E-state index contributed by atoms with van der Waals surface area (Å²) in [5.74, 6) is 0. The van der Waals surface area contributed by atoms with E-state index in [0.717, 1.165) is 13.0 Å². The molecule has 2 N–H and O–H groups in total. The summed E-state index contributed by atoms with van der Waals surface area (Å²) >= 11 is 0. The molecule has 0 radical (unpaired) electrons. The molecular formula is C6H12ClNO. The Morgan fingerprint density at radius 1 is 1.67 bits per heavy atom. The predicted octanol–water partition coefficient (Wildman–Crippen LogP) is 0.710. The van der Waals surface area contributed by atoms with Gasteiger partial charge < -0.3 is 10.5 Å². The van der Waals surface area contributed by atoms with Crippen molar-refractivity contribution in [2.45, 2.75) is 18.6 Å². The molecule has 1 rings (SSSR count). The highest BCUT2D eigenvalue weighted by molar-refractivity contribution is 5.85. The van der Waals surface area contributed by atoms with E-state index in [1.54, 1.807) is 6.08 Å². The molecule has 1 heterocycles. The lowest BCUT2D eigenvalue weighted by Crippen LogP contribution is -2.27. The van der Waals surface area contributed by atoms with Crippen LogP contribution in [0.25, 0.3) is 0 Å². The SMILES string of the molecule is C=C[C@@H]1OCC[C@@H]1N.Cl. The Morgan fingerprint density at radius 3 is 2.56 bits per heavy atom.